The maximum Gasteiger partial charge on any atom is 0.156 e. The van der Waals surface area contributed by atoms with Gasteiger partial charge in [-0.15, -0.1) is 0 Å². The lowest BCUT2D eigenvalue weighted by Crippen LogP contribution is -2.46. The van der Waals surface area contributed by atoms with Crippen molar-refractivity contribution in [3.05, 3.63) is 0 Å². The van der Waals surface area contributed by atoms with Crippen molar-refractivity contribution < 1.29 is 0 Å². The number of rotatable bonds is 3. The Morgan fingerprint density at radius 3 is 2.80 bits per heavy atom. The topological polar surface area (TPSA) is 27.6 Å². The lowest BCUT2D eigenvalue weighted by atomic mass is 9.86. The fourth-order valence-corrected chi connectivity index (χ4v) is 4.94. The fourth-order valence-electron chi connectivity index (χ4n) is 3.77. The maximum atomic E-state index is 4.90. The molecule has 114 valence electrons. The summed E-state index contributed by atoms with van der Waals surface area (Å²) in [5, 5.41) is 4.96. The van der Waals surface area contributed by atoms with Crippen molar-refractivity contribution in [1.82, 2.24) is 10.2 Å². The molecule has 2 saturated heterocycles. The SMILES string of the molecule is CCN1CCC(CN=C2NC3CCCCC3CS2)CC1. The maximum absolute atomic E-state index is 4.90. The van der Waals surface area contributed by atoms with Crippen LogP contribution >= 0.6 is 11.8 Å². The number of aliphatic imine (C=N–C) groups is 1. The van der Waals surface area contributed by atoms with E-state index in [0.717, 1.165) is 24.4 Å². The van der Waals surface area contributed by atoms with E-state index >= 15 is 0 Å². The lowest BCUT2D eigenvalue weighted by Gasteiger charge is -2.37. The molecule has 2 aliphatic heterocycles. The molecule has 2 heterocycles. The average molecular weight is 295 g/mol. The third kappa shape index (κ3) is 3.70. The molecule has 2 unspecified atom stereocenters. The van der Waals surface area contributed by atoms with Crippen LogP contribution in [0.1, 0.15) is 45.4 Å². The predicted octanol–water partition coefficient (Wildman–Crippen LogP) is 2.97. The summed E-state index contributed by atoms with van der Waals surface area (Å²) in [6, 6.07) is 0.727. The molecule has 1 saturated carbocycles. The zero-order valence-electron chi connectivity index (χ0n) is 12.8. The highest BCUT2D eigenvalue weighted by atomic mass is 32.2. The lowest BCUT2D eigenvalue weighted by molar-refractivity contribution is 0.196. The molecule has 20 heavy (non-hydrogen) atoms. The van der Waals surface area contributed by atoms with Crippen molar-refractivity contribution >= 4 is 16.9 Å². The minimum Gasteiger partial charge on any atom is -0.362 e. The summed E-state index contributed by atoms with van der Waals surface area (Å²) in [5.41, 5.74) is 0. The molecular formula is C16H29N3S. The quantitative estimate of drug-likeness (QED) is 0.867. The Labute approximate surface area is 128 Å². The van der Waals surface area contributed by atoms with Gasteiger partial charge in [-0.25, -0.2) is 0 Å². The smallest absolute Gasteiger partial charge is 0.156 e. The van der Waals surface area contributed by atoms with Crippen LogP contribution in [0.5, 0.6) is 0 Å². The van der Waals surface area contributed by atoms with Crippen molar-refractivity contribution in [2.75, 3.05) is 31.9 Å². The molecule has 4 heteroatoms. The number of nitrogens with one attached hydrogen (secondary N) is 1. The predicted molar refractivity (Wildman–Crippen MR) is 88.5 cm³/mol. The minimum atomic E-state index is 0.727. The molecule has 3 nitrogen and oxygen atoms in total. The zero-order chi connectivity index (χ0) is 13.8. The second-order valence-corrected chi connectivity index (χ2v) is 7.64. The van der Waals surface area contributed by atoms with Gasteiger partial charge < -0.3 is 10.2 Å². The van der Waals surface area contributed by atoms with Gasteiger partial charge in [-0.3, -0.25) is 4.99 Å². The average Bonchev–Trinajstić information content (AvgIpc) is 2.53. The first-order valence-corrected chi connectivity index (χ1v) is 9.50. The summed E-state index contributed by atoms with van der Waals surface area (Å²) in [5.74, 6) is 3.02. The third-order valence-corrected chi connectivity index (χ3v) is 6.41. The van der Waals surface area contributed by atoms with Crippen molar-refractivity contribution in [2.45, 2.75) is 51.5 Å². The van der Waals surface area contributed by atoms with E-state index < -0.39 is 0 Å². The summed E-state index contributed by atoms with van der Waals surface area (Å²) in [4.78, 5) is 7.46. The van der Waals surface area contributed by atoms with E-state index in [9.17, 15) is 0 Å². The van der Waals surface area contributed by atoms with Crippen molar-refractivity contribution in [3.8, 4) is 0 Å². The van der Waals surface area contributed by atoms with Crippen molar-refractivity contribution in [3.63, 3.8) is 0 Å². The second kappa shape index (κ2) is 7.17. The van der Waals surface area contributed by atoms with Gasteiger partial charge in [-0.1, -0.05) is 31.5 Å². The molecule has 0 bridgehead atoms. The molecule has 1 N–H and O–H groups in total. The minimum absolute atomic E-state index is 0.727. The van der Waals surface area contributed by atoms with E-state index in [0.29, 0.717) is 0 Å². The fraction of sp³-hybridized carbons (Fsp3) is 0.938. The molecule has 0 aromatic rings. The van der Waals surface area contributed by atoms with Gasteiger partial charge in [0.25, 0.3) is 0 Å². The summed E-state index contributed by atoms with van der Waals surface area (Å²) < 4.78 is 0. The van der Waals surface area contributed by atoms with Gasteiger partial charge in [0.05, 0.1) is 0 Å². The van der Waals surface area contributed by atoms with E-state index in [2.05, 4.69) is 17.1 Å². The molecule has 1 aliphatic carbocycles. The van der Waals surface area contributed by atoms with Crippen LogP contribution in [0.4, 0.5) is 0 Å². The highest BCUT2D eigenvalue weighted by Crippen LogP contribution is 2.31. The van der Waals surface area contributed by atoms with E-state index in [1.54, 1.807) is 0 Å². The molecular weight excluding hydrogens is 266 g/mol. The van der Waals surface area contributed by atoms with Crippen LogP contribution in [-0.2, 0) is 0 Å². The van der Waals surface area contributed by atoms with Crippen LogP contribution in [0, 0.1) is 11.8 Å². The van der Waals surface area contributed by atoms with Gasteiger partial charge in [0.1, 0.15) is 0 Å². The first kappa shape index (κ1) is 14.7. The Bertz CT molecular complexity index is 337. The summed E-state index contributed by atoms with van der Waals surface area (Å²) in [6.45, 7) is 7.07. The monoisotopic (exact) mass is 295 g/mol. The van der Waals surface area contributed by atoms with Crippen molar-refractivity contribution in [2.24, 2.45) is 16.8 Å². The third-order valence-electron chi connectivity index (χ3n) is 5.30. The van der Waals surface area contributed by atoms with E-state index in [-0.39, 0.29) is 0 Å². The van der Waals surface area contributed by atoms with Gasteiger partial charge >= 0.3 is 0 Å². The number of hydrogen-bond acceptors (Lipinski definition) is 3. The number of fused-ring (bicyclic) bond motifs is 1. The molecule has 0 spiro atoms. The first-order chi connectivity index (χ1) is 9.85. The van der Waals surface area contributed by atoms with Gasteiger partial charge in [0.15, 0.2) is 5.17 Å². The van der Waals surface area contributed by atoms with Crippen LogP contribution < -0.4 is 5.32 Å². The summed E-state index contributed by atoms with van der Waals surface area (Å²) in [6.07, 6.45) is 8.29. The Morgan fingerprint density at radius 1 is 1.20 bits per heavy atom. The Hall–Kier alpha value is -0.220. The number of amidine groups is 1. The zero-order valence-corrected chi connectivity index (χ0v) is 13.6. The molecule has 2 atom stereocenters. The van der Waals surface area contributed by atoms with Crippen LogP contribution in [-0.4, -0.2) is 48.0 Å². The number of nitrogens with zero attached hydrogens (tertiary/aromatic N) is 2. The number of hydrogen-bond donors (Lipinski definition) is 1. The normalized spacial score (nSPS) is 34.8. The highest BCUT2D eigenvalue weighted by Gasteiger charge is 2.30. The van der Waals surface area contributed by atoms with Gasteiger partial charge in [-0.05, 0) is 57.2 Å². The van der Waals surface area contributed by atoms with E-state index in [1.165, 1.54) is 69.1 Å². The summed E-state index contributed by atoms with van der Waals surface area (Å²) in [7, 11) is 0. The van der Waals surface area contributed by atoms with Crippen molar-refractivity contribution in [1.29, 1.82) is 0 Å². The standard InChI is InChI=1S/C16H29N3S/c1-2-19-9-7-13(8-10-19)11-17-16-18-15-6-4-3-5-14(15)12-20-16/h13-15H,2-12H2,1H3,(H,17,18). The van der Waals surface area contributed by atoms with Crippen LogP contribution in [0.3, 0.4) is 0 Å². The molecule has 0 radical (unpaired) electrons. The molecule has 3 fully saturated rings. The number of likely N-dealkylation sites (tertiary alicyclic amines) is 1. The van der Waals surface area contributed by atoms with Gasteiger partial charge in [0.2, 0.25) is 0 Å². The Balaban J connectivity index is 1.45. The van der Waals surface area contributed by atoms with Gasteiger partial charge in [-0.2, -0.15) is 0 Å². The molecule has 0 aromatic heterocycles. The first-order valence-electron chi connectivity index (χ1n) is 8.51. The molecule has 0 amide bonds. The number of thioether (sulfide) groups is 1. The second-order valence-electron chi connectivity index (χ2n) is 6.63. The molecule has 3 rings (SSSR count). The van der Waals surface area contributed by atoms with Crippen LogP contribution in [0.25, 0.3) is 0 Å². The van der Waals surface area contributed by atoms with E-state index in [4.69, 9.17) is 4.99 Å². The Morgan fingerprint density at radius 2 is 2.00 bits per heavy atom. The van der Waals surface area contributed by atoms with Gasteiger partial charge in [0, 0.05) is 18.3 Å². The van der Waals surface area contributed by atoms with Crippen LogP contribution in [0.2, 0.25) is 0 Å². The number of piperidine rings is 1. The van der Waals surface area contributed by atoms with E-state index in [1.807, 2.05) is 11.8 Å². The summed E-state index contributed by atoms with van der Waals surface area (Å²) >= 11 is 1.97. The largest absolute Gasteiger partial charge is 0.362 e. The molecule has 0 aromatic carbocycles. The Kier molecular flexibility index (Phi) is 5.27. The highest BCUT2D eigenvalue weighted by molar-refractivity contribution is 8.13. The van der Waals surface area contributed by atoms with Crippen LogP contribution in [0.15, 0.2) is 4.99 Å². The molecule has 3 aliphatic rings.